The Balaban J connectivity index is 1.70. The summed E-state index contributed by atoms with van der Waals surface area (Å²) in [5.41, 5.74) is 0.253. The van der Waals surface area contributed by atoms with E-state index in [-0.39, 0.29) is 11.4 Å². The molecule has 1 saturated heterocycles. The molecule has 1 fully saturated rings. The van der Waals surface area contributed by atoms with Gasteiger partial charge in [-0.05, 0) is 38.1 Å². The van der Waals surface area contributed by atoms with Gasteiger partial charge >= 0.3 is 0 Å². The summed E-state index contributed by atoms with van der Waals surface area (Å²) >= 11 is 0. The molecule has 0 amide bonds. The summed E-state index contributed by atoms with van der Waals surface area (Å²) in [7, 11) is 2.01. The molecule has 3 heterocycles. The van der Waals surface area contributed by atoms with Crippen LogP contribution in [0.3, 0.4) is 0 Å². The lowest BCUT2D eigenvalue weighted by Gasteiger charge is -2.30. The van der Waals surface area contributed by atoms with Crippen LogP contribution in [0.15, 0.2) is 36.7 Å². The molecule has 4 rings (SSSR count). The Morgan fingerprint density at radius 3 is 2.54 bits per heavy atom. The van der Waals surface area contributed by atoms with Crippen LogP contribution in [-0.4, -0.2) is 55.9 Å². The van der Waals surface area contributed by atoms with Crippen molar-refractivity contribution in [3.63, 3.8) is 0 Å². The van der Waals surface area contributed by atoms with Gasteiger partial charge < -0.3 is 4.74 Å². The molecule has 0 atom stereocenters. The van der Waals surface area contributed by atoms with E-state index >= 15 is 0 Å². The second-order valence-corrected chi connectivity index (χ2v) is 6.74. The number of halogens is 2. The van der Waals surface area contributed by atoms with E-state index in [0.717, 1.165) is 32.1 Å². The number of aromatic nitrogens is 5. The molecular formula is C19H20F2N6O. The lowest BCUT2D eigenvalue weighted by Crippen LogP contribution is -2.36. The van der Waals surface area contributed by atoms with Gasteiger partial charge in [0.15, 0.2) is 5.82 Å². The van der Waals surface area contributed by atoms with Crippen LogP contribution in [-0.2, 0) is 11.3 Å². The lowest BCUT2D eigenvalue weighted by molar-refractivity contribution is 0.0399. The Morgan fingerprint density at radius 1 is 1.11 bits per heavy atom. The van der Waals surface area contributed by atoms with Crippen LogP contribution in [0.5, 0.6) is 0 Å². The maximum absolute atomic E-state index is 13.7. The SMILES string of the molecule is CN(Cc1nc(-c2cc(F)cc(F)c2)nc(-n2cccn2)n1)C1CCOCC1. The fourth-order valence-corrected chi connectivity index (χ4v) is 3.26. The minimum absolute atomic E-state index is 0.203. The van der Waals surface area contributed by atoms with Crippen molar-refractivity contribution in [2.45, 2.75) is 25.4 Å². The molecule has 0 unspecified atom stereocenters. The third kappa shape index (κ3) is 4.20. The van der Waals surface area contributed by atoms with E-state index in [4.69, 9.17) is 4.74 Å². The molecule has 146 valence electrons. The summed E-state index contributed by atoms with van der Waals surface area (Å²) < 4.78 is 34.3. The molecule has 0 saturated carbocycles. The average Bonchev–Trinajstić information content (AvgIpc) is 3.22. The fourth-order valence-electron chi connectivity index (χ4n) is 3.26. The Hall–Kier alpha value is -2.78. The van der Waals surface area contributed by atoms with Gasteiger partial charge in [-0.1, -0.05) is 0 Å². The summed E-state index contributed by atoms with van der Waals surface area (Å²) in [5.74, 6) is -0.354. The zero-order valence-corrected chi connectivity index (χ0v) is 15.4. The number of ether oxygens (including phenoxy) is 1. The van der Waals surface area contributed by atoms with Crippen molar-refractivity contribution in [3.05, 3.63) is 54.1 Å². The zero-order chi connectivity index (χ0) is 19.5. The largest absolute Gasteiger partial charge is 0.381 e. The number of benzene rings is 1. The van der Waals surface area contributed by atoms with Crippen molar-refractivity contribution >= 4 is 0 Å². The van der Waals surface area contributed by atoms with Gasteiger partial charge in [0.2, 0.25) is 0 Å². The molecule has 1 aliphatic rings. The van der Waals surface area contributed by atoms with Crippen LogP contribution in [0, 0.1) is 11.6 Å². The highest BCUT2D eigenvalue weighted by molar-refractivity contribution is 5.55. The van der Waals surface area contributed by atoms with E-state index in [0.29, 0.717) is 24.4 Å². The topological polar surface area (TPSA) is 69.0 Å². The smallest absolute Gasteiger partial charge is 0.254 e. The van der Waals surface area contributed by atoms with Crippen LogP contribution in [0.4, 0.5) is 8.78 Å². The molecule has 0 radical (unpaired) electrons. The first-order valence-electron chi connectivity index (χ1n) is 9.08. The fraction of sp³-hybridized carbons (Fsp3) is 0.368. The van der Waals surface area contributed by atoms with Crippen molar-refractivity contribution in [2.75, 3.05) is 20.3 Å². The van der Waals surface area contributed by atoms with Gasteiger partial charge in [0.25, 0.3) is 5.95 Å². The van der Waals surface area contributed by atoms with E-state index < -0.39 is 11.6 Å². The van der Waals surface area contributed by atoms with Gasteiger partial charge in [0, 0.05) is 43.3 Å². The molecule has 1 aromatic carbocycles. The summed E-state index contributed by atoms with van der Waals surface area (Å²) in [6.07, 6.45) is 5.20. The standard InChI is InChI=1S/C19H20F2N6O/c1-26(16-3-7-28-8-4-16)12-17-23-18(13-9-14(20)11-15(21)10-13)25-19(24-17)27-6-2-5-22-27/h2,5-6,9-11,16H,3-4,7-8,12H2,1H3. The van der Waals surface area contributed by atoms with Crippen LogP contribution < -0.4 is 0 Å². The minimum Gasteiger partial charge on any atom is -0.381 e. The zero-order valence-electron chi connectivity index (χ0n) is 15.4. The molecule has 0 N–H and O–H groups in total. The summed E-state index contributed by atoms with van der Waals surface area (Å²) in [4.78, 5) is 15.5. The predicted octanol–water partition coefficient (Wildman–Crippen LogP) is 2.61. The van der Waals surface area contributed by atoms with Crippen molar-refractivity contribution in [1.29, 1.82) is 0 Å². The van der Waals surface area contributed by atoms with Crippen LogP contribution >= 0.6 is 0 Å². The highest BCUT2D eigenvalue weighted by Crippen LogP contribution is 2.20. The molecule has 0 spiro atoms. The van der Waals surface area contributed by atoms with Crippen molar-refractivity contribution in [3.8, 4) is 17.3 Å². The second-order valence-electron chi connectivity index (χ2n) is 6.74. The van der Waals surface area contributed by atoms with Gasteiger partial charge in [-0.25, -0.2) is 18.4 Å². The first kappa shape index (κ1) is 18.6. The maximum Gasteiger partial charge on any atom is 0.254 e. The highest BCUT2D eigenvalue weighted by Gasteiger charge is 2.20. The number of nitrogens with zero attached hydrogens (tertiary/aromatic N) is 6. The summed E-state index contributed by atoms with van der Waals surface area (Å²) in [6, 6.07) is 5.35. The van der Waals surface area contributed by atoms with Crippen molar-refractivity contribution in [1.82, 2.24) is 29.6 Å². The van der Waals surface area contributed by atoms with E-state index in [1.807, 2.05) is 7.05 Å². The van der Waals surface area contributed by atoms with Crippen molar-refractivity contribution < 1.29 is 13.5 Å². The molecule has 28 heavy (non-hydrogen) atoms. The molecule has 9 heteroatoms. The van der Waals surface area contributed by atoms with Gasteiger partial charge in [-0.2, -0.15) is 15.1 Å². The van der Waals surface area contributed by atoms with Gasteiger partial charge in [0.05, 0.1) is 6.54 Å². The quantitative estimate of drug-likeness (QED) is 0.672. The third-order valence-corrected chi connectivity index (χ3v) is 4.70. The maximum atomic E-state index is 13.7. The van der Waals surface area contributed by atoms with Crippen LogP contribution in [0.1, 0.15) is 18.7 Å². The molecule has 2 aromatic heterocycles. The normalized spacial score (nSPS) is 15.3. The monoisotopic (exact) mass is 386 g/mol. The molecule has 0 aliphatic carbocycles. The summed E-state index contributed by atoms with van der Waals surface area (Å²) in [6.45, 7) is 1.95. The van der Waals surface area contributed by atoms with Crippen molar-refractivity contribution in [2.24, 2.45) is 0 Å². The Morgan fingerprint density at radius 2 is 1.86 bits per heavy atom. The summed E-state index contributed by atoms with van der Waals surface area (Å²) in [5, 5.41) is 4.15. The first-order valence-corrected chi connectivity index (χ1v) is 9.08. The average molecular weight is 386 g/mol. The molecule has 7 nitrogen and oxygen atoms in total. The molecule has 0 bridgehead atoms. The first-order chi connectivity index (χ1) is 13.6. The van der Waals surface area contributed by atoms with Gasteiger partial charge in [-0.3, -0.25) is 4.90 Å². The Kier molecular flexibility index (Phi) is 5.36. The molecule has 1 aliphatic heterocycles. The molecular weight excluding hydrogens is 366 g/mol. The Labute approximate surface area is 161 Å². The number of hydrogen-bond acceptors (Lipinski definition) is 6. The van der Waals surface area contributed by atoms with Crippen LogP contribution in [0.25, 0.3) is 17.3 Å². The second kappa shape index (κ2) is 8.07. The highest BCUT2D eigenvalue weighted by atomic mass is 19.1. The lowest BCUT2D eigenvalue weighted by atomic mass is 10.1. The van der Waals surface area contributed by atoms with E-state index in [9.17, 15) is 8.78 Å². The van der Waals surface area contributed by atoms with Gasteiger partial charge in [0.1, 0.15) is 17.5 Å². The Bertz CT molecular complexity index is 923. The van der Waals surface area contributed by atoms with E-state index in [1.54, 1.807) is 18.5 Å². The van der Waals surface area contributed by atoms with E-state index in [2.05, 4.69) is 25.0 Å². The number of rotatable bonds is 5. The molecule has 3 aromatic rings. The number of hydrogen-bond donors (Lipinski definition) is 0. The third-order valence-electron chi connectivity index (χ3n) is 4.70. The predicted molar refractivity (Wildman–Crippen MR) is 97.6 cm³/mol. The van der Waals surface area contributed by atoms with Crippen LogP contribution in [0.2, 0.25) is 0 Å². The minimum atomic E-state index is -0.683. The van der Waals surface area contributed by atoms with E-state index in [1.165, 1.54) is 16.8 Å². The van der Waals surface area contributed by atoms with Gasteiger partial charge in [-0.15, -0.1) is 0 Å².